The Morgan fingerprint density at radius 3 is 1.00 bits per heavy atom. The van der Waals surface area contributed by atoms with Crippen LogP contribution < -0.4 is 0 Å². The van der Waals surface area contributed by atoms with E-state index in [0.29, 0.717) is 0 Å². The highest BCUT2D eigenvalue weighted by molar-refractivity contribution is 8.58. The lowest BCUT2D eigenvalue weighted by atomic mass is 10.00. The zero-order chi connectivity index (χ0) is 24.4. The molecule has 11 heteroatoms. The van der Waals surface area contributed by atoms with E-state index in [0.717, 1.165) is 23.6 Å². The van der Waals surface area contributed by atoms with Gasteiger partial charge in [0.05, 0.1) is 0 Å². The van der Waals surface area contributed by atoms with Crippen molar-refractivity contribution in [3.63, 3.8) is 0 Å². The van der Waals surface area contributed by atoms with E-state index < -0.39 is 24.0 Å². The van der Waals surface area contributed by atoms with Crippen LogP contribution in [0, 0.1) is 10.8 Å². The zero-order valence-corrected chi connectivity index (χ0v) is 26.6. The van der Waals surface area contributed by atoms with Crippen LogP contribution in [0.25, 0.3) is 0 Å². The minimum Gasteiger partial charge on any atom is -0.377 e. The van der Waals surface area contributed by atoms with E-state index in [2.05, 4.69) is 64.0 Å². The predicted molar refractivity (Wildman–Crippen MR) is 142 cm³/mol. The molecular weight excluding hydrogens is 485 g/mol. The minimum absolute atomic E-state index is 0.0712. The molecule has 0 aliphatic carbocycles. The third-order valence-electron chi connectivity index (χ3n) is 5.79. The van der Waals surface area contributed by atoms with Gasteiger partial charge in [-0.1, -0.05) is 41.5 Å². The van der Waals surface area contributed by atoms with E-state index in [4.69, 9.17) is 26.6 Å². The zero-order valence-electron chi connectivity index (χ0n) is 22.0. The fourth-order valence-corrected chi connectivity index (χ4v) is 19.7. The standard InChI is InChI=1S/C20H48O6S2Si3/c1-13-29(14-2,27-15-19(3,4)17-30(21-7,22-8)23-9)28-16-20(5,6)18-31(24-10,25-11)26-12/h13-18H2,1-12H3. The smallest absolute Gasteiger partial charge is 0.377 e. The first-order valence-electron chi connectivity index (χ1n) is 10.9. The third-order valence-corrected chi connectivity index (χ3v) is 27.0. The van der Waals surface area contributed by atoms with Crippen molar-refractivity contribution in [1.29, 1.82) is 0 Å². The highest BCUT2D eigenvalue weighted by Gasteiger charge is 2.46. The largest absolute Gasteiger partial charge is 0.500 e. The Hall–Kier alpha value is 1.11. The van der Waals surface area contributed by atoms with Gasteiger partial charge in [-0.2, -0.15) is 22.4 Å². The number of hydrogen-bond donors (Lipinski definition) is 0. The summed E-state index contributed by atoms with van der Waals surface area (Å²) in [6, 6.07) is 4.12. The van der Waals surface area contributed by atoms with Crippen molar-refractivity contribution in [1.82, 2.24) is 0 Å². The van der Waals surface area contributed by atoms with E-state index >= 15 is 0 Å². The normalized spacial score (nSPS) is 14.3. The van der Waals surface area contributed by atoms with Crippen LogP contribution in [0.4, 0.5) is 0 Å². The summed E-state index contributed by atoms with van der Waals surface area (Å²) in [6.07, 6.45) is -1.56. The fourth-order valence-electron chi connectivity index (χ4n) is 3.56. The van der Waals surface area contributed by atoms with Crippen LogP contribution in [-0.2, 0) is 26.6 Å². The van der Waals surface area contributed by atoms with Crippen molar-refractivity contribution >= 4 is 46.4 Å². The van der Waals surface area contributed by atoms with Gasteiger partial charge in [0.2, 0.25) is 0 Å². The van der Waals surface area contributed by atoms with Crippen molar-refractivity contribution in [3.8, 4) is 0 Å². The summed E-state index contributed by atoms with van der Waals surface area (Å²) < 4.78 is 34.1. The van der Waals surface area contributed by atoms with Gasteiger partial charge in [-0.15, -0.1) is 0 Å². The first-order valence-corrected chi connectivity index (χ1v) is 20.6. The van der Waals surface area contributed by atoms with E-state index in [1.807, 2.05) is 0 Å². The van der Waals surface area contributed by atoms with E-state index in [1.54, 1.807) is 42.7 Å². The molecule has 0 unspecified atom stereocenters. The summed E-state index contributed by atoms with van der Waals surface area (Å²) in [5.74, 6) is 2.15. The van der Waals surface area contributed by atoms with E-state index in [9.17, 15) is 0 Å². The van der Waals surface area contributed by atoms with Gasteiger partial charge < -0.3 is 26.6 Å². The molecule has 0 aliphatic heterocycles. The molecule has 6 nitrogen and oxygen atoms in total. The molecule has 0 amide bonds. The van der Waals surface area contributed by atoms with Gasteiger partial charge in [-0.25, -0.2) is 0 Å². The molecule has 0 bridgehead atoms. The second-order valence-corrected chi connectivity index (χ2v) is 26.9. The van der Waals surface area contributed by atoms with Gasteiger partial charge in [-0.3, -0.25) is 0 Å². The van der Waals surface area contributed by atoms with Gasteiger partial charge in [0.25, 0.3) is 0 Å². The Labute approximate surface area is 203 Å². The topological polar surface area (TPSA) is 55.4 Å². The quantitative estimate of drug-likeness (QED) is 0.207. The second kappa shape index (κ2) is 13.9. The maximum absolute atomic E-state index is 5.69. The van der Waals surface area contributed by atoms with Crippen molar-refractivity contribution in [2.24, 2.45) is 10.8 Å². The maximum atomic E-state index is 5.69. The lowest BCUT2D eigenvalue weighted by Gasteiger charge is -2.38. The molecule has 0 aromatic rings. The summed E-state index contributed by atoms with van der Waals surface area (Å²) in [4.78, 5) is 0. The van der Waals surface area contributed by atoms with Crippen LogP contribution >= 0.6 is 22.4 Å². The molecular formula is C20H48O6S2Si3. The molecule has 0 saturated carbocycles. The molecule has 0 N–H and O–H groups in total. The highest BCUT2D eigenvalue weighted by atomic mass is 32.6. The Balaban J connectivity index is 5.24. The van der Waals surface area contributed by atoms with Gasteiger partial charge in [0, 0.05) is 54.7 Å². The van der Waals surface area contributed by atoms with E-state index in [-0.39, 0.29) is 10.8 Å². The van der Waals surface area contributed by atoms with Crippen molar-refractivity contribution in [2.45, 2.75) is 65.7 Å². The molecule has 0 saturated heterocycles. The second-order valence-electron chi connectivity index (χ2n) is 9.47. The van der Waals surface area contributed by atoms with Crippen LogP contribution in [-0.4, -0.2) is 78.1 Å². The first-order chi connectivity index (χ1) is 14.3. The lowest BCUT2D eigenvalue weighted by Crippen LogP contribution is -2.47. The van der Waals surface area contributed by atoms with Crippen molar-refractivity contribution < 1.29 is 26.6 Å². The summed E-state index contributed by atoms with van der Waals surface area (Å²) in [7, 11) is 4.97. The molecule has 188 valence electrons. The molecule has 0 rings (SSSR count). The molecule has 0 aromatic carbocycles. The minimum atomic E-state index is -2.60. The number of rotatable bonds is 18. The van der Waals surface area contributed by atoms with Crippen LogP contribution in [0.15, 0.2) is 0 Å². The average Bonchev–Trinajstić information content (AvgIpc) is 2.76. The molecule has 0 aliphatic rings. The Bertz CT molecular complexity index is 443. The average molecular weight is 533 g/mol. The SMILES string of the molecule is CC[Si](CC)(SCC(C)(C)C[Si](OC)(OC)OC)SCC(C)(C)C[Si](OC)(OC)OC. The third kappa shape index (κ3) is 10.1. The van der Waals surface area contributed by atoms with Gasteiger partial charge >= 0.3 is 17.6 Å². The molecule has 0 fully saturated rings. The fraction of sp³-hybridized carbons (Fsp3) is 1.00. The summed E-state index contributed by atoms with van der Waals surface area (Å²) in [6.45, 7) is 13.9. The molecule has 0 spiro atoms. The molecule has 0 radical (unpaired) electrons. The Morgan fingerprint density at radius 1 is 0.548 bits per heavy atom. The summed E-state index contributed by atoms with van der Waals surface area (Å²) >= 11 is 4.40. The first kappa shape index (κ1) is 32.1. The molecule has 0 heterocycles. The summed E-state index contributed by atoms with van der Waals surface area (Å²) in [5, 5.41) is 0. The van der Waals surface area contributed by atoms with Crippen LogP contribution in [0.5, 0.6) is 0 Å². The lowest BCUT2D eigenvalue weighted by molar-refractivity contribution is 0.112. The number of hydrogen-bond acceptors (Lipinski definition) is 8. The van der Waals surface area contributed by atoms with Crippen LogP contribution in [0.3, 0.4) is 0 Å². The van der Waals surface area contributed by atoms with Crippen LogP contribution in [0.2, 0.25) is 24.2 Å². The van der Waals surface area contributed by atoms with Crippen molar-refractivity contribution in [2.75, 3.05) is 54.2 Å². The Morgan fingerprint density at radius 2 is 0.806 bits per heavy atom. The summed E-state index contributed by atoms with van der Waals surface area (Å²) in [5.41, 5.74) is 0.142. The predicted octanol–water partition coefficient (Wildman–Crippen LogP) is 5.74. The van der Waals surface area contributed by atoms with Crippen LogP contribution in [0.1, 0.15) is 41.5 Å². The maximum Gasteiger partial charge on any atom is 0.500 e. The molecule has 0 aromatic heterocycles. The monoisotopic (exact) mass is 532 g/mol. The Kier molecular flexibility index (Phi) is 14.4. The van der Waals surface area contributed by atoms with E-state index in [1.165, 1.54) is 12.1 Å². The van der Waals surface area contributed by atoms with Gasteiger partial charge in [0.1, 0.15) is 0 Å². The molecule has 31 heavy (non-hydrogen) atoms. The van der Waals surface area contributed by atoms with Crippen molar-refractivity contribution in [3.05, 3.63) is 0 Å². The highest BCUT2D eigenvalue weighted by Crippen LogP contribution is 2.46. The molecule has 0 atom stereocenters. The van der Waals surface area contributed by atoms with Gasteiger partial charge in [-0.05, 0) is 34.4 Å². The van der Waals surface area contributed by atoms with Gasteiger partial charge in [0.15, 0.2) is 6.37 Å².